The van der Waals surface area contributed by atoms with Gasteiger partial charge in [-0.05, 0) is 73.8 Å². The predicted molar refractivity (Wildman–Crippen MR) is 120 cm³/mol. The molecule has 0 unspecified atom stereocenters. The van der Waals surface area contributed by atoms with Crippen molar-refractivity contribution >= 4 is 17.9 Å². The minimum Gasteiger partial charge on any atom is -0.349 e. The van der Waals surface area contributed by atoms with E-state index in [0.717, 1.165) is 50.8 Å². The van der Waals surface area contributed by atoms with Crippen molar-refractivity contribution in [3.05, 3.63) is 77.4 Å². The van der Waals surface area contributed by atoms with Gasteiger partial charge in [0.2, 0.25) is 5.91 Å². The topological polar surface area (TPSA) is 49.4 Å². The molecule has 1 saturated heterocycles. The number of carbonyl (C=O) groups excluding carboxylic acids is 2. The summed E-state index contributed by atoms with van der Waals surface area (Å²) in [6, 6.07) is 18.4. The lowest BCUT2D eigenvalue weighted by atomic mass is 9.90. The Labute approximate surface area is 179 Å². The third-order valence-corrected chi connectivity index (χ3v) is 6.11. The van der Waals surface area contributed by atoms with E-state index in [4.69, 9.17) is 0 Å². The first-order valence-corrected chi connectivity index (χ1v) is 11.1. The molecule has 0 aromatic heterocycles. The number of nitrogens with one attached hydrogen (secondary N) is 1. The predicted octanol–water partition coefficient (Wildman–Crippen LogP) is 4.46. The Hall–Kier alpha value is -2.88. The summed E-state index contributed by atoms with van der Waals surface area (Å²) < 4.78 is 0. The van der Waals surface area contributed by atoms with Crippen molar-refractivity contribution in [2.75, 3.05) is 13.1 Å². The fraction of sp³-hybridized carbons (Fsp3) is 0.385. The van der Waals surface area contributed by atoms with Crippen LogP contribution >= 0.6 is 0 Å². The monoisotopic (exact) mass is 402 g/mol. The molecular formula is C26H30N2O2. The van der Waals surface area contributed by atoms with Gasteiger partial charge in [-0.3, -0.25) is 9.59 Å². The van der Waals surface area contributed by atoms with Gasteiger partial charge in [-0.15, -0.1) is 0 Å². The van der Waals surface area contributed by atoms with Gasteiger partial charge in [0.15, 0.2) is 0 Å². The van der Waals surface area contributed by atoms with Crippen LogP contribution in [-0.4, -0.2) is 35.8 Å². The number of nitrogens with zero attached hydrogens (tertiary/aromatic N) is 1. The van der Waals surface area contributed by atoms with Crippen LogP contribution in [0.15, 0.2) is 60.7 Å². The molecule has 0 spiro atoms. The van der Waals surface area contributed by atoms with Crippen molar-refractivity contribution in [2.45, 2.75) is 44.6 Å². The highest BCUT2D eigenvalue weighted by atomic mass is 16.2. The molecule has 0 radical (unpaired) electrons. The second-order valence-electron chi connectivity index (χ2n) is 8.50. The SMILES string of the molecule is O=C(NC1CC1)c1ccc(/C=C/C(=O)N2CCC(CCc3ccccc3)CC2)cc1. The zero-order chi connectivity index (χ0) is 20.8. The molecule has 1 heterocycles. The fourth-order valence-electron chi connectivity index (χ4n) is 3.97. The number of carbonyl (C=O) groups is 2. The molecular weight excluding hydrogens is 372 g/mol. The minimum atomic E-state index is -0.0146. The number of rotatable bonds is 7. The maximum absolute atomic E-state index is 12.5. The summed E-state index contributed by atoms with van der Waals surface area (Å²) in [5.41, 5.74) is 3.00. The van der Waals surface area contributed by atoms with Crippen LogP contribution < -0.4 is 5.32 Å². The van der Waals surface area contributed by atoms with Gasteiger partial charge in [0.05, 0.1) is 0 Å². The standard InChI is InChI=1S/C26H30N2O2/c29-25(15-10-21-8-11-23(12-9-21)26(30)27-24-13-14-24)28-18-16-22(17-19-28)7-6-20-4-2-1-3-5-20/h1-5,8-12,15,22,24H,6-7,13-14,16-19H2,(H,27,30)/b15-10+. The molecule has 2 fully saturated rings. The second kappa shape index (κ2) is 9.75. The molecule has 2 amide bonds. The van der Waals surface area contributed by atoms with Gasteiger partial charge in [-0.1, -0.05) is 42.5 Å². The summed E-state index contributed by atoms with van der Waals surface area (Å²) in [7, 11) is 0. The number of hydrogen-bond acceptors (Lipinski definition) is 2. The van der Waals surface area contributed by atoms with Gasteiger partial charge in [-0.25, -0.2) is 0 Å². The number of hydrogen-bond donors (Lipinski definition) is 1. The van der Waals surface area contributed by atoms with Gasteiger partial charge in [0, 0.05) is 30.8 Å². The first kappa shape index (κ1) is 20.4. The Morgan fingerprint density at radius 2 is 1.63 bits per heavy atom. The molecule has 4 nitrogen and oxygen atoms in total. The Bertz CT molecular complexity index is 877. The summed E-state index contributed by atoms with van der Waals surface area (Å²) in [6.07, 6.45) is 10.1. The summed E-state index contributed by atoms with van der Waals surface area (Å²) in [4.78, 5) is 26.5. The van der Waals surface area contributed by atoms with E-state index >= 15 is 0 Å². The molecule has 1 aliphatic heterocycles. The Morgan fingerprint density at radius 1 is 0.933 bits per heavy atom. The molecule has 1 N–H and O–H groups in total. The van der Waals surface area contributed by atoms with Crippen LogP contribution in [0.3, 0.4) is 0 Å². The Balaban J connectivity index is 1.21. The molecule has 1 aliphatic carbocycles. The van der Waals surface area contributed by atoms with Crippen molar-refractivity contribution in [2.24, 2.45) is 5.92 Å². The van der Waals surface area contributed by atoms with Crippen LogP contribution in [0.4, 0.5) is 0 Å². The summed E-state index contributed by atoms with van der Waals surface area (Å²) >= 11 is 0. The molecule has 2 aromatic carbocycles. The van der Waals surface area contributed by atoms with Crippen molar-refractivity contribution < 1.29 is 9.59 Å². The summed E-state index contributed by atoms with van der Waals surface area (Å²) in [5, 5.41) is 2.99. The van der Waals surface area contributed by atoms with E-state index in [1.54, 1.807) is 6.08 Å². The molecule has 0 bridgehead atoms. The summed E-state index contributed by atoms with van der Waals surface area (Å²) in [5.74, 6) is 0.763. The van der Waals surface area contributed by atoms with Crippen molar-refractivity contribution in [3.63, 3.8) is 0 Å². The largest absolute Gasteiger partial charge is 0.349 e. The van der Waals surface area contributed by atoms with Gasteiger partial charge in [0.1, 0.15) is 0 Å². The number of aryl methyl sites for hydroxylation is 1. The van der Waals surface area contributed by atoms with E-state index in [-0.39, 0.29) is 11.8 Å². The maximum atomic E-state index is 12.5. The molecule has 156 valence electrons. The van der Waals surface area contributed by atoms with Crippen LogP contribution in [0.5, 0.6) is 0 Å². The number of benzene rings is 2. The van der Waals surface area contributed by atoms with Crippen molar-refractivity contribution in [1.29, 1.82) is 0 Å². The van der Waals surface area contributed by atoms with Crippen LogP contribution in [0, 0.1) is 5.92 Å². The van der Waals surface area contributed by atoms with E-state index < -0.39 is 0 Å². The van der Waals surface area contributed by atoms with Crippen LogP contribution in [0.1, 0.15) is 53.6 Å². The molecule has 1 saturated carbocycles. The lowest BCUT2D eigenvalue weighted by molar-refractivity contribution is -0.127. The molecule has 4 rings (SSSR count). The lowest BCUT2D eigenvalue weighted by Gasteiger charge is -2.31. The molecule has 4 heteroatoms. The van der Waals surface area contributed by atoms with E-state index in [0.29, 0.717) is 17.5 Å². The van der Waals surface area contributed by atoms with E-state index in [1.807, 2.05) is 35.2 Å². The van der Waals surface area contributed by atoms with Crippen LogP contribution in [0.25, 0.3) is 6.08 Å². The molecule has 0 atom stereocenters. The lowest BCUT2D eigenvalue weighted by Crippen LogP contribution is -2.37. The first-order valence-electron chi connectivity index (χ1n) is 11.1. The fourth-order valence-corrected chi connectivity index (χ4v) is 3.97. The van der Waals surface area contributed by atoms with Gasteiger partial charge >= 0.3 is 0 Å². The first-order chi connectivity index (χ1) is 14.7. The number of amides is 2. The van der Waals surface area contributed by atoms with Gasteiger partial charge in [0.25, 0.3) is 5.91 Å². The average Bonchev–Trinajstić information content (AvgIpc) is 3.61. The normalized spacial score (nSPS) is 17.3. The van der Waals surface area contributed by atoms with Crippen molar-refractivity contribution in [1.82, 2.24) is 10.2 Å². The Kier molecular flexibility index (Phi) is 6.63. The Morgan fingerprint density at radius 3 is 2.30 bits per heavy atom. The van der Waals surface area contributed by atoms with Crippen LogP contribution in [0.2, 0.25) is 0 Å². The molecule has 30 heavy (non-hydrogen) atoms. The van der Waals surface area contributed by atoms with E-state index in [2.05, 4.69) is 35.6 Å². The quantitative estimate of drug-likeness (QED) is 0.695. The number of likely N-dealkylation sites (tertiary alicyclic amines) is 1. The van der Waals surface area contributed by atoms with Crippen LogP contribution in [-0.2, 0) is 11.2 Å². The average molecular weight is 403 g/mol. The second-order valence-corrected chi connectivity index (χ2v) is 8.50. The third kappa shape index (κ3) is 5.82. The van der Waals surface area contributed by atoms with E-state index in [1.165, 1.54) is 12.0 Å². The van der Waals surface area contributed by atoms with E-state index in [9.17, 15) is 9.59 Å². The zero-order valence-electron chi connectivity index (χ0n) is 17.4. The summed E-state index contributed by atoms with van der Waals surface area (Å²) in [6.45, 7) is 1.67. The minimum absolute atomic E-state index is 0.0146. The zero-order valence-corrected chi connectivity index (χ0v) is 17.4. The van der Waals surface area contributed by atoms with Gasteiger partial charge in [-0.2, -0.15) is 0 Å². The van der Waals surface area contributed by atoms with Gasteiger partial charge < -0.3 is 10.2 Å². The maximum Gasteiger partial charge on any atom is 0.251 e. The molecule has 2 aliphatic rings. The highest BCUT2D eigenvalue weighted by molar-refractivity contribution is 5.95. The highest BCUT2D eigenvalue weighted by Gasteiger charge is 2.24. The molecule has 2 aromatic rings. The smallest absolute Gasteiger partial charge is 0.251 e. The number of piperidine rings is 1. The highest BCUT2D eigenvalue weighted by Crippen LogP contribution is 2.23. The third-order valence-electron chi connectivity index (χ3n) is 6.11. The van der Waals surface area contributed by atoms with Crippen molar-refractivity contribution in [3.8, 4) is 0 Å².